The first-order valence-corrected chi connectivity index (χ1v) is 8.69. The predicted molar refractivity (Wildman–Crippen MR) is 106 cm³/mol. The second-order valence-electron chi connectivity index (χ2n) is 7.66. The fourth-order valence-corrected chi connectivity index (χ4v) is 2.92. The lowest BCUT2D eigenvalue weighted by molar-refractivity contribution is -0.0893. The summed E-state index contributed by atoms with van der Waals surface area (Å²) in [4.78, 5) is 4.20. The van der Waals surface area contributed by atoms with Crippen LogP contribution in [-0.4, -0.2) is 28.8 Å². The first-order valence-electron chi connectivity index (χ1n) is 8.69. The molecule has 5 heteroatoms. The molecule has 0 saturated heterocycles. The Balaban J connectivity index is 1.81. The van der Waals surface area contributed by atoms with Crippen LogP contribution in [0.5, 0.6) is 0 Å². The van der Waals surface area contributed by atoms with E-state index in [0.717, 1.165) is 38.2 Å². The molecule has 0 aliphatic rings. The van der Waals surface area contributed by atoms with Crippen LogP contribution in [0.15, 0.2) is 53.2 Å². The van der Waals surface area contributed by atoms with Gasteiger partial charge < -0.3 is 14.2 Å². The lowest BCUT2D eigenvalue weighted by Crippen LogP contribution is -2.49. The standard InChI is InChI=1S/C21H21BNO3/c1-20(2,24)21(3,4)26-22-17-7-5-6-14-13(17)8-9-15-16-12-23-11-10-18(16)25-19(14)15/h5-12,24H,1-4H3. The summed E-state index contributed by atoms with van der Waals surface area (Å²) in [5, 5.41) is 14.4. The molecule has 0 unspecified atom stereocenters. The molecule has 0 aliphatic heterocycles. The van der Waals surface area contributed by atoms with E-state index < -0.39 is 11.2 Å². The minimum absolute atomic E-state index is 0.718. The number of benzene rings is 2. The minimum atomic E-state index is -0.965. The molecule has 26 heavy (non-hydrogen) atoms. The van der Waals surface area contributed by atoms with Crippen LogP contribution in [0.3, 0.4) is 0 Å². The molecule has 0 saturated carbocycles. The second kappa shape index (κ2) is 5.83. The van der Waals surface area contributed by atoms with E-state index in [2.05, 4.69) is 17.1 Å². The number of rotatable bonds is 4. The smallest absolute Gasteiger partial charge is 0.331 e. The van der Waals surface area contributed by atoms with Crippen molar-refractivity contribution in [3.63, 3.8) is 0 Å². The van der Waals surface area contributed by atoms with Crippen molar-refractivity contribution in [2.75, 3.05) is 0 Å². The van der Waals surface area contributed by atoms with E-state index in [4.69, 9.17) is 9.07 Å². The van der Waals surface area contributed by atoms with E-state index in [0.29, 0.717) is 0 Å². The number of aromatic nitrogens is 1. The minimum Gasteiger partial charge on any atom is -0.455 e. The highest BCUT2D eigenvalue weighted by molar-refractivity contribution is 6.52. The fraction of sp³-hybridized carbons (Fsp3) is 0.286. The lowest BCUT2D eigenvalue weighted by Gasteiger charge is -2.37. The first-order chi connectivity index (χ1) is 12.3. The summed E-state index contributed by atoms with van der Waals surface area (Å²) in [7, 11) is 1.72. The Kier molecular flexibility index (Phi) is 3.83. The largest absolute Gasteiger partial charge is 0.455 e. The van der Waals surface area contributed by atoms with Crippen molar-refractivity contribution < 1.29 is 14.2 Å². The predicted octanol–water partition coefficient (Wildman–Crippen LogP) is 3.94. The van der Waals surface area contributed by atoms with Crippen LogP contribution >= 0.6 is 0 Å². The molecular formula is C21H21BNO3. The SMILES string of the molecule is CC(C)(O)C(C)(C)O[B]c1cccc2c1ccc1c3cnccc3oc21. The molecule has 2 heterocycles. The Morgan fingerprint density at radius 3 is 2.46 bits per heavy atom. The van der Waals surface area contributed by atoms with E-state index in [1.807, 2.05) is 44.3 Å². The van der Waals surface area contributed by atoms with E-state index in [9.17, 15) is 5.11 Å². The summed E-state index contributed by atoms with van der Waals surface area (Å²) in [6, 6.07) is 12.0. The topological polar surface area (TPSA) is 55.5 Å². The van der Waals surface area contributed by atoms with Gasteiger partial charge in [0, 0.05) is 28.6 Å². The number of pyridine rings is 1. The summed E-state index contributed by atoms with van der Waals surface area (Å²) in [6.45, 7) is 7.24. The zero-order chi connectivity index (χ0) is 18.5. The van der Waals surface area contributed by atoms with E-state index in [-0.39, 0.29) is 0 Å². The highest BCUT2D eigenvalue weighted by Gasteiger charge is 2.35. The van der Waals surface area contributed by atoms with Gasteiger partial charge in [-0.05, 0) is 50.7 Å². The molecule has 131 valence electrons. The Morgan fingerprint density at radius 2 is 1.69 bits per heavy atom. The summed E-state index contributed by atoms with van der Waals surface area (Å²) >= 11 is 0. The molecule has 4 aromatic rings. The molecule has 0 bridgehead atoms. The van der Waals surface area contributed by atoms with Gasteiger partial charge in [-0.1, -0.05) is 24.3 Å². The lowest BCUT2D eigenvalue weighted by atomic mass is 9.80. The average Bonchev–Trinajstić information content (AvgIpc) is 2.98. The summed E-state index contributed by atoms with van der Waals surface area (Å²) < 4.78 is 12.0. The Morgan fingerprint density at radius 1 is 0.962 bits per heavy atom. The Hall–Kier alpha value is -2.37. The fourth-order valence-electron chi connectivity index (χ4n) is 2.92. The number of fused-ring (bicyclic) bond motifs is 5. The normalized spacial score (nSPS) is 13.0. The average molecular weight is 346 g/mol. The molecular weight excluding hydrogens is 325 g/mol. The number of aliphatic hydroxyl groups is 1. The molecule has 0 aliphatic carbocycles. The van der Waals surface area contributed by atoms with Crippen LogP contribution in [0.1, 0.15) is 27.7 Å². The summed E-state index contributed by atoms with van der Waals surface area (Å²) in [5.41, 5.74) is 0.941. The van der Waals surface area contributed by atoms with Crippen molar-refractivity contribution >= 4 is 45.7 Å². The van der Waals surface area contributed by atoms with Gasteiger partial charge in [0.1, 0.15) is 11.2 Å². The van der Waals surface area contributed by atoms with Crippen LogP contribution in [-0.2, 0) is 4.65 Å². The molecule has 2 aromatic carbocycles. The third-order valence-electron chi connectivity index (χ3n) is 5.28. The molecule has 0 atom stereocenters. The highest BCUT2D eigenvalue weighted by Crippen LogP contribution is 2.33. The first kappa shape index (κ1) is 17.1. The second-order valence-corrected chi connectivity index (χ2v) is 7.66. The van der Waals surface area contributed by atoms with Crippen LogP contribution in [0.2, 0.25) is 0 Å². The molecule has 2 aromatic heterocycles. The van der Waals surface area contributed by atoms with Gasteiger partial charge in [0.05, 0.1) is 11.2 Å². The van der Waals surface area contributed by atoms with Gasteiger partial charge in [-0.3, -0.25) is 4.98 Å². The van der Waals surface area contributed by atoms with Gasteiger partial charge in [0.15, 0.2) is 0 Å². The maximum Gasteiger partial charge on any atom is 0.331 e. The number of hydrogen-bond donors (Lipinski definition) is 1. The van der Waals surface area contributed by atoms with Crippen molar-refractivity contribution in [2.24, 2.45) is 0 Å². The van der Waals surface area contributed by atoms with E-state index in [1.165, 1.54) is 0 Å². The number of hydrogen-bond acceptors (Lipinski definition) is 4. The van der Waals surface area contributed by atoms with E-state index >= 15 is 0 Å². The van der Waals surface area contributed by atoms with Gasteiger partial charge in [0.2, 0.25) is 0 Å². The van der Waals surface area contributed by atoms with Crippen LogP contribution < -0.4 is 5.46 Å². The van der Waals surface area contributed by atoms with Crippen molar-refractivity contribution in [3.05, 3.63) is 48.8 Å². The van der Waals surface area contributed by atoms with Crippen molar-refractivity contribution in [1.82, 2.24) is 4.98 Å². The van der Waals surface area contributed by atoms with Crippen LogP contribution in [0, 0.1) is 0 Å². The van der Waals surface area contributed by atoms with Crippen molar-refractivity contribution in [2.45, 2.75) is 38.9 Å². The van der Waals surface area contributed by atoms with E-state index in [1.54, 1.807) is 27.5 Å². The van der Waals surface area contributed by atoms with Gasteiger partial charge in [-0.25, -0.2) is 0 Å². The number of furan rings is 1. The van der Waals surface area contributed by atoms with Gasteiger partial charge in [-0.15, -0.1) is 0 Å². The summed E-state index contributed by atoms with van der Waals surface area (Å²) in [5.74, 6) is 0. The molecule has 0 fully saturated rings. The van der Waals surface area contributed by atoms with Crippen LogP contribution in [0.25, 0.3) is 32.7 Å². The third kappa shape index (κ3) is 2.68. The van der Waals surface area contributed by atoms with Crippen molar-refractivity contribution in [3.8, 4) is 0 Å². The quantitative estimate of drug-likeness (QED) is 0.569. The molecule has 0 amide bonds. The maximum absolute atomic E-state index is 10.3. The monoisotopic (exact) mass is 346 g/mol. The molecule has 1 radical (unpaired) electrons. The zero-order valence-electron chi connectivity index (χ0n) is 15.4. The summed E-state index contributed by atoms with van der Waals surface area (Å²) in [6.07, 6.45) is 3.57. The van der Waals surface area contributed by atoms with Crippen molar-refractivity contribution in [1.29, 1.82) is 0 Å². The zero-order valence-corrected chi connectivity index (χ0v) is 15.4. The number of nitrogens with zero attached hydrogens (tertiary/aromatic N) is 1. The van der Waals surface area contributed by atoms with Gasteiger partial charge >= 0.3 is 7.48 Å². The van der Waals surface area contributed by atoms with Gasteiger partial charge in [0.25, 0.3) is 0 Å². The molecule has 4 rings (SSSR count). The Labute approximate surface area is 153 Å². The molecule has 0 spiro atoms. The highest BCUT2D eigenvalue weighted by atomic mass is 16.5. The maximum atomic E-state index is 10.3. The molecule has 1 N–H and O–H groups in total. The van der Waals surface area contributed by atoms with Crippen LogP contribution in [0.4, 0.5) is 0 Å². The van der Waals surface area contributed by atoms with Gasteiger partial charge in [-0.2, -0.15) is 0 Å². The molecule has 4 nitrogen and oxygen atoms in total. The Bertz CT molecular complexity index is 1110. The third-order valence-corrected chi connectivity index (χ3v) is 5.28.